The summed E-state index contributed by atoms with van der Waals surface area (Å²) in [7, 11) is -3.74. The number of hydrogen-bond donors (Lipinski definition) is 1. The summed E-state index contributed by atoms with van der Waals surface area (Å²) in [4.78, 5) is 4.85. The second-order valence-electron chi connectivity index (χ2n) is 7.09. The number of thiazole rings is 1. The number of fused-ring (bicyclic) bond motifs is 1. The molecular weight excluding hydrogens is 448 g/mol. The van der Waals surface area contributed by atoms with Crippen LogP contribution < -0.4 is 4.72 Å². The lowest BCUT2D eigenvalue weighted by atomic mass is 10.3. The summed E-state index contributed by atoms with van der Waals surface area (Å²) in [6.07, 6.45) is 0. The molecule has 5 aromatic rings. The van der Waals surface area contributed by atoms with Crippen LogP contribution in [0.4, 0.5) is 5.00 Å². The van der Waals surface area contributed by atoms with Crippen molar-refractivity contribution in [3.05, 3.63) is 77.4 Å². The highest BCUT2D eigenvalue weighted by molar-refractivity contribution is 7.93. The lowest BCUT2D eigenvalue weighted by Gasteiger charge is -2.09. The number of sulfonamides is 1. The molecule has 0 unspecified atom stereocenters. The minimum absolute atomic E-state index is 0.196. The van der Waals surface area contributed by atoms with Gasteiger partial charge in [0.15, 0.2) is 0 Å². The van der Waals surface area contributed by atoms with Gasteiger partial charge in [0.05, 0.1) is 26.5 Å². The molecule has 1 N–H and O–H groups in total. The van der Waals surface area contributed by atoms with Crippen LogP contribution in [0.15, 0.2) is 70.9 Å². The van der Waals surface area contributed by atoms with Crippen LogP contribution in [0.2, 0.25) is 0 Å². The Morgan fingerprint density at radius 3 is 2.48 bits per heavy atom. The highest BCUT2D eigenvalue weighted by Crippen LogP contribution is 2.38. The number of thiophene rings is 1. The number of rotatable bonds is 5. The van der Waals surface area contributed by atoms with E-state index < -0.39 is 10.0 Å². The van der Waals surface area contributed by atoms with Crippen molar-refractivity contribution >= 4 is 47.9 Å². The fourth-order valence-electron chi connectivity index (χ4n) is 3.38. The summed E-state index contributed by atoms with van der Waals surface area (Å²) in [5, 5.41) is 7.66. The molecule has 31 heavy (non-hydrogen) atoms. The zero-order chi connectivity index (χ0) is 21.6. The Morgan fingerprint density at radius 2 is 1.77 bits per heavy atom. The molecule has 0 spiro atoms. The Hall–Kier alpha value is -3.01. The number of para-hydroxylation sites is 1. The number of nitrogens with one attached hydrogen (secondary N) is 1. The fraction of sp³-hybridized carbons (Fsp3) is 0.0909. The quantitative estimate of drug-likeness (QED) is 0.364. The van der Waals surface area contributed by atoms with Crippen molar-refractivity contribution in [2.45, 2.75) is 18.7 Å². The molecule has 0 aliphatic carbocycles. The van der Waals surface area contributed by atoms with Crippen molar-refractivity contribution in [2.24, 2.45) is 0 Å². The summed E-state index contributed by atoms with van der Waals surface area (Å²) in [6.45, 7) is 3.89. The number of hydrogen-bond acceptors (Lipinski definition) is 6. The molecule has 5 rings (SSSR count). The Balaban J connectivity index is 1.44. The van der Waals surface area contributed by atoms with Crippen LogP contribution in [-0.4, -0.2) is 23.2 Å². The highest BCUT2D eigenvalue weighted by atomic mass is 32.2. The van der Waals surface area contributed by atoms with Gasteiger partial charge in [-0.3, -0.25) is 4.72 Å². The number of anilines is 1. The predicted molar refractivity (Wildman–Crippen MR) is 127 cm³/mol. The first-order valence-electron chi connectivity index (χ1n) is 9.51. The van der Waals surface area contributed by atoms with Gasteiger partial charge in [-0.1, -0.05) is 12.1 Å². The highest BCUT2D eigenvalue weighted by Gasteiger charge is 2.19. The summed E-state index contributed by atoms with van der Waals surface area (Å²) in [5.74, 6) is 0. The molecule has 0 atom stereocenters. The lowest BCUT2D eigenvalue weighted by Crippen LogP contribution is -2.12. The molecule has 0 amide bonds. The topological polar surface area (TPSA) is 76.9 Å². The van der Waals surface area contributed by atoms with E-state index in [0.717, 1.165) is 37.9 Å². The molecule has 156 valence electrons. The Kier molecular flexibility index (Phi) is 4.88. The van der Waals surface area contributed by atoms with Gasteiger partial charge in [0.2, 0.25) is 0 Å². The first kappa shape index (κ1) is 19.9. The van der Waals surface area contributed by atoms with E-state index in [2.05, 4.69) is 14.8 Å². The van der Waals surface area contributed by atoms with Crippen molar-refractivity contribution in [2.75, 3.05) is 4.72 Å². The predicted octanol–water partition coefficient (Wildman–Crippen LogP) is 5.63. The van der Waals surface area contributed by atoms with Crippen LogP contribution in [0.5, 0.6) is 0 Å². The molecule has 6 nitrogen and oxygen atoms in total. The maximum absolute atomic E-state index is 13.0. The average molecular weight is 467 g/mol. The molecule has 0 bridgehead atoms. The van der Waals surface area contributed by atoms with Gasteiger partial charge in [-0.15, -0.1) is 22.7 Å². The summed E-state index contributed by atoms with van der Waals surface area (Å²) >= 11 is 2.89. The van der Waals surface area contributed by atoms with Crippen molar-refractivity contribution in [3.8, 4) is 16.3 Å². The molecule has 3 heterocycles. The molecule has 2 aromatic carbocycles. The number of aryl methyl sites for hydroxylation is 2. The lowest BCUT2D eigenvalue weighted by molar-refractivity contribution is 0.601. The van der Waals surface area contributed by atoms with Gasteiger partial charge in [0.1, 0.15) is 10.0 Å². The van der Waals surface area contributed by atoms with E-state index in [-0.39, 0.29) is 4.90 Å². The minimum atomic E-state index is -3.74. The van der Waals surface area contributed by atoms with Gasteiger partial charge < -0.3 is 0 Å². The molecular formula is C22H18N4O2S3. The maximum atomic E-state index is 13.0. The second-order valence-corrected chi connectivity index (χ2v) is 10.7. The van der Waals surface area contributed by atoms with Gasteiger partial charge in [0.25, 0.3) is 10.0 Å². The van der Waals surface area contributed by atoms with Gasteiger partial charge in [-0.2, -0.15) is 5.10 Å². The van der Waals surface area contributed by atoms with E-state index in [1.807, 2.05) is 55.6 Å². The van der Waals surface area contributed by atoms with Crippen LogP contribution in [-0.2, 0) is 10.0 Å². The third-order valence-corrected chi connectivity index (χ3v) is 8.21. The Labute approximate surface area is 187 Å². The average Bonchev–Trinajstić information content (AvgIpc) is 3.45. The molecule has 3 aromatic heterocycles. The van der Waals surface area contributed by atoms with Crippen LogP contribution >= 0.6 is 22.7 Å². The van der Waals surface area contributed by atoms with Gasteiger partial charge in [-0.05, 0) is 67.8 Å². The van der Waals surface area contributed by atoms with E-state index >= 15 is 0 Å². The normalized spacial score (nSPS) is 11.8. The van der Waals surface area contributed by atoms with E-state index in [1.54, 1.807) is 40.3 Å². The number of nitrogens with zero attached hydrogens (tertiary/aromatic N) is 3. The van der Waals surface area contributed by atoms with E-state index in [4.69, 9.17) is 0 Å². The third-order valence-electron chi connectivity index (χ3n) is 4.82. The molecule has 0 saturated heterocycles. The number of aromatic nitrogens is 3. The molecule has 0 radical (unpaired) electrons. The van der Waals surface area contributed by atoms with Crippen molar-refractivity contribution in [1.29, 1.82) is 0 Å². The van der Waals surface area contributed by atoms with E-state index in [9.17, 15) is 8.42 Å². The maximum Gasteiger partial charge on any atom is 0.262 e. The van der Waals surface area contributed by atoms with Crippen LogP contribution in [0.3, 0.4) is 0 Å². The summed E-state index contributed by atoms with van der Waals surface area (Å²) in [6, 6.07) is 18.5. The van der Waals surface area contributed by atoms with Gasteiger partial charge in [0, 0.05) is 11.3 Å². The number of benzene rings is 2. The van der Waals surface area contributed by atoms with Crippen molar-refractivity contribution in [3.63, 3.8) is 0 Å². The molecule has 0 aliphatic rings. The standard InChI is InChI=1S/C22H18N4O2S3/c1-14-13-15(2)26(24-14)16-7-9-17(10-8-16)31(27,28)25-22-18(11-12-29-22)21-23-19-5-3-4-6-20(19)30-21/h3-13,25H,1-2H3. The first-order chi connectivity index (χ1) is 14.9. The van der Waals surface area contributed by atoms with Crippen LogP contribution in [0.25, 0.3) is 26.5 Å². The summed E-state index contributed by atoms with van der Waals surface area (Å²) in [5.41, 5.74) is 4.41. The summed E-state index contributed by atoms with van der Waals surface area (Å²) < 4.78 is 31.7. The molecule has 0 aliphatic heterocycles. The smallest absolute Gasteiger partial charge is 0.262 e. The molecule has 9 heteroatoms. The largest absolute Gasteiger partial charge is 0.270 e. The van der Waals surface area contributed by atoms with E-state index in [1.165, 1.54) is 11.3 Å². The van der Waals surface area contributed by atoms with Gasteiger partial charge in [-0.25, -0.2) is 18.1 Å². The monoisotopic (exact) mass is 466 g/mol. The van der Waals surface area contributed by atoms with Crippen LogP contribution in [0.1, 0.15) is 11.4 Å². The van der Waals surface area contributed by atoms with Crippen molar-refractivity contribution in [1.82, 2.24) is 14.8 Å². The molecule has 0 saturated carbocycles. The van der Waals surface area contributed by atoms with Crippen LogP contribution in [0, 0.1) is 13.8 Å². The zero-order valence-electron chi connectivity index (χ0n) is 16.7. The zero-order valence-corrected chi connectivity index (χ0v) is 19.2. The SMILES string of the molecule is Cc1cc(C)n(-c2ccc(S(=O)(=O)Nc3sccc3-c3nc4ccccc4s3)cc2)n1. The second kappa shape index (κ2) is 7.60. The van der Waals surface area contributed by atoms with Crippen molar-refractivity contribution < 1.29 is 8.42 Å². The third kappa shape index (κ3) is 3.76. The molecule has 0 fully saturated rings. The Morgan fingerprint density at radius 1 is 1.00 bits per heavy atom. The first-order valence-corrected chi connectivity index (χ1v) is 12.7. The Bertz CT molecular complexity index is 1460. The van der Waals surface area contributed by atoms with E-state index in [0.29, 0.717) is 5.00 Å². The fourth-order valence-corrected chi connectivity index (χ4v) is 6.56. The minimum Gasteiger partial charge on any atom is -0.270 e. The van der Waals surface area contributed by atoms with Gasteiger partial charge >= 0.3 is 0 Å².